The molecule has 1 amide bonds. The van der Waals surface area contributed by atoms with Gasteiger partial charge in [-0.05, 0) is 37.2 Å². The van der Waals surface area contributed by atoms with E-state index in [2.05, 4.69) is 16.3 Å². The van der Waals surface area contributed by atoms with Crippen LogP contribution in [0.1, 0.15) is 37.6 Å². The fraction of sp³-hybridized carbons (Fsp3) is 0.727. The lowest BCUT2D eigenvalue weighted by Gasteiger charge is -2.25. The number of aromatic nitrogens is 2. The van der Waals surface area contributed by atoms with Crippen molar-refractivity contribution in [3.05, 3.63) is 5.01 Å². The molecule has 2 heterocycles. The van der Waals surface area contributed by atoms with Crippen LogP contribution in [0, 0.1) is 0 Å². The molecule has 2 rings (SSSR count). The third-order valence-corrected chi connectivity index (χ3v) is 4.39. The van der Waals surface area contributed by atoms with Crippen molar-refractivity contribution in [3.63, 3.8) is 0 Å². The van der Waals surface area contributed by atoms with E-state index in [4.69, 9.17) is 0 Å². The summed E-state index contributed by atoms with van der Waals surface area (Å²) in [5, 5.41) is 1.75. The van der Waals surface area contributed by atoms with Crippen molar-refractivity contribution in [2.45, 2.75) is 44.2 Å². The molecule has 17 heavy (non-hydrogen) atoms. The Morgan fingerprint density at radius 2 is 2.18 bits per heavy atom. The largest absolute Gasteiger partial charge is 0.333 e. The molecule has 0 spiro atoms. The maximum absolute atomic E-state index is 11.9. The highest BCUT2D eigenvalue weighted by Gasteiger charge is 2.19. The molecule has 0 N–H and O–H groups in total. The number of hydrogen-bond donors (Lipinski definition) is 0. The monoisotopic (exact) mass is 271 g/mol. The zero-order valence-corrected chi connectivity index (χ0v) is 11.6. The molecule has 0 bridgehead atoms. The molecule has 0 radical (unpaired) electrons. The summed E-state index contributed by atoms with van der Waals surface area (Å²) in [6.07, 6.45) is 5.51. The molecule has 1 aliphatic rings. The number of hydrogen-bond acceptors (Lipinski definition) is 5. The number of piperidine rings is 1. The van der Waals surface area contributed by atoms with E-state index in [0.29, 0.717) is 5.16 Å². The van der Waals surface area contributed by atoms with Crippen molar-refractivity contribution >= 4 is 28.5 Å². The summed E-state index contributed by atoms with van der Waals surface area (Å²) in [6.45, 7) is 3.89. The first-order chi connectivity index (χ1) is 8.29. The average Bonchev–Trinajstić information content (AvgIpc) is 2.78. The van der Waals surface area contributed by atoms with Gasteiger partial charge in [0.2, 0.25) is 5.16 Å². The van der Waals surface area contributed by atoms with Gasteiger partial charge in [-0.25, -0.2) is 4.98 Å². The number of carbonyl (C=O) groups is 1. The van der Waals surface area contributed by atoms with E-state index < -0.39 is 0 Å². The van der Waals surface area contributed by atoms with Gasteiger partial charge in [0, 0.05) is 31.3 Å². The van der Waals surface area contributed by atoms with Crippen LogP contribution in [0.4, 0.5) is 4.79 Å². The van der Waals surface area contributed by atoms with E-state index in [1.54, 1.807) is 0 Å². The SMILES string of the molecule is CCCc1nc(SC(=O)N2CCCCC2)ns1. The molecular formula is C11H17N3OS2. The summed E-state index contributed by atoms with van der Waals surface area (Å²) < 4.78 is 4.22. The first kappa shape index (κ1) is 12.8. The van der Waals surface area contributed by atoms with Gasteiger partial charge in [0.1, 0.15) is 5.01 Å². The Hall–Kier alpha value is -0.620. The number of amides is 1. The molecule has 1 aromatic heterocycles. The number of thioether (sulfide) groups is 1. The predicted octanol–water partition coefficient (Wildman–Crippen LogP) is 3.19. The Morgan fingerprint density at radius 3 is 2.88 bits per heavy atom. The van der Waals surface area contributed by atoms with Gasteiger partial charge in [-0.2, -0.15) is 4.37 Å². The Morgan fingerprint density at radius 1 is 1.41 bits per heavy atom. The molecule has 1 saturated heterocycles. The maximum atomic E-state index is 11.9. The minimum absolute atomic E-state index is 0.102. The van der Waals surface area contributed by atoms with Crippen LogP contribution in [0.15, 0.2) is 5.16 Å². The van der Waals surface area contributed by atoms with Crippen LogP contribution in [-0.4, -0.2) is 32.6 Å². The number of carbonyl (C=O) groups excluding carboxylic acids is 1. The summed E-state index contributed by atoms with van der Waals surface area (Å²) in [5.41, 5.74) is 0. The Bertz CT molecular complexity index is 375. The highest BCUT2D eigenvalue weighted by atomic mass is 32.2. The third kappa shape index (κ3) is 3.67. The molecule has 0 aliphatic carbocycles. The summed E-state index contributed by atoms with van der Waals surface area (Å²) >= 11 is 2.58. The smallest absolute Gasteiger partial charge is 0.289 e. The molecule has 6 heteroatoms. The molecule has 0 aromatic carbocycles. The van der Waals surface area contributed by atoms with Crippen molar-refractivity contribution in [1.82, 2.24) is 14.3 Å². The average molecular weight is 271 g/mol. The first-order valence-corrected chi connectivity index (χ1v) is 7.68. The lowest BCUT2D eigenvalue weighted by Crippen LogP contribution is -2.32. The van der Waals surface area contributed by atoms with Crippen molar-refractivity contribution in [1.29, 1.82) is 0 Å². The van der Waals surface area contributed by atoms with Crippen molar-refractivity contribution in [2.75, 3.05) is 13.1 Å². The molecule has 4 nitrogen and oxygen atoms in total. The van der Waals surface area contributed by atoms with Crippen LogP contribution >= 0.6 is 23.3 Å². The molecule has 1 aromatic rings. The van der Waals surface area contributed by atoms with E-state index in [1.807, 2.05) is 4.90 Å². The summed E-state index contributed by atoms with van der Waals surface area (Å²) in [7, 11) is 0. The normalized spacial score (nSPS) is 16.2. The predicted molar refractivity (Wildman–Crippen MR) is 70.6 cm³/mol. The van der Waals surface area contributed by atoms with Crippen LogP contribution in [-0.2, 0) is 6.42 Å². The molecule has 1 aliphatic heterocycles. The van der Waals surface area contributed by atoms with Crippen LogP contribution in [0.3, 0.4) is 0 Å². The lowest BCUT2D eigenvalue weighted by atomic mass is 10.1. The Balaban J connectivity index is 1.88. The minimum atomic E-state index is 0.102. The number of aryl methyl sites for hydroxylation is 1. The van der Waals surface area contributed by atoms with E-state index in [0.717, 1.165) is 43.8 Å². The van der Waals surface area contributed by atoms with E-state index >= 15 is 0 Å². The van der Waals surface area contributed by atoms with Gasteiger partial charge in [0.25, 0.3) is 5.24 Å². The van der Waals surface area contributed by atoms with E-state index in [-0.39, 0.29) is 5.24 Å². The van der Waals surface area contributed by atoms with Crippen molar-refractivity contribution in [2.24, 2.45) is 0 Å². The Kier molecular flexibility index (Phi) is 4.79. The van der Waals surface area contributed by atoms with E-state index in [1.165, 1.54) is 29.7 Å². The van der Waals surface area contributed by atoms with Crippen LogP contribution in [0.5, 0.6) is 0 Å². The highest BCUT2D eigenvalue weighted by molar-refractivity contribution is 8.13. The van der Waals surface area contributed by atoms with Gasteiger partial charge < -0.3 is 4.90 Å². The minimum Gasteiger partial charge on any atom is -0.333 e. The van der Waals surface area contributed by atoms with Crippen LogP contribution in [0.2, 0.25) is 0 Å². The fourth-order valence-corrected chi connectivity index (χ4v) is 3.40. The standard InChI is InChI=1S/C11H17N3OS2/c1-2-6-9-12-10(13-17-9)16-11(15)14-7-4-3-5-8-14/h2-8H2,1H3. The topological polar surface area (TPSA) is 46.1 Å². The van der Waals surface area contributed by atoms with Crippen molar-refractivity contribution < 1.29 is 4.79 Å². The molecule has 0 unspecified atom stereocenters. The van der Waals surface area contributed by atoms with Gasteiger partial charge in [0.05, 0.1) is 0 Å². The van der Waals surface area contributed by atoms with Gasteiger partial charge in [-0.1, -0.05) is 6.92 Å². The van der Waals surface area contributed by atoms with Gasteiger partial charge >= 0.3 is 0 Å². The molecule has 0 saturated carbocycles. The van der Waals surface area contributed by atoms with Gasteiger partial charge in [-0.15, -0.1) is 0 Å². The zero-order valence-electron chi connectivity index (χ0n) is 10.0. The second kappa shape index (κ2) is 6.35. The number of likely N-dealkylation sites (tertiary alicyclic amines) is 1. The lowest BCUT2D eigenvalue weighted by molar-refractivity contribution is 0.211. The number of nitrogens with zero attached hydrogens (tertiary/aromatic N) is 3. The first-order valence-electron chi connectivity index (χ1n) is 6.09. The quantitative estimate of drug-likeness (QED) is 0.792. The summed E-state index contributed by atoms with van der Waals surface area (Å²) in [4.78, 5) is 18.2. The Labute approximate surface area is 110 Å². The second-order valence-corrected chi connectivity index (χ2v) is 5.89. The molecular weight excluding hydrogens is 254 g/mol. The van der Waals surface area contributed by atoms with Crippen LogP contribution < -0.4 is 0 Å². The van der Waals surface area contributed by atoms with Crippen LogP contribution in [0.25, 0.3) is 0 Å². The number of rotatable bonds is 3. The van der Waals surface area contributed by atoms with Gasteiger partial charge in [-0.3, -0.25) is 4.79 Å². The highest BCUT2D eigenvalue weighted by Crippen LogP contribution is 2.22. The third-order valence-electron chi connectivity index (χ3n) is 2.71. The van der Waals surface area contributed by atoms with Gasteiger partial charge in [0.15, 0.2) is 0 Å². The molecule has 1 fully saturated rings. The summed E-state index contributed by atoms with van der Waals surface area (Å²) in [6, 6.07) is 0. The molecule has 0 atom stereocenters. The summed E-state index contributed by atoms with van der Waals surface area (Å²) in [5.74, 6) is 0. The van der Waals surface area contributed by atoms with Crippen molar-refractivity contribution in [3.8, 4) is 0 Å². The second-order valence-electron chi connectivity index (χ2n) is 4.14. The van der Waals surface area contributed by atoms with E-state index in [9.17, 15) is 4.79 Å². The maximum Gasteiger partial charge on any atom is 0.289 e. The zero-order chi connectivity index (χ0) is 12.1. The molecule has 94 valence electrons. The fourth-order valence-electron chi connectivity index (χ4n) is 1.82.